The van der Waals surface area contributed by atoms with Crippen molar-refractivity contribution in [3.05, 3.63) is 51.6 Å². The Morgan fingerprint density at radius 1 is 1.11 bits per heavy atom. The third kappa shape index (κ3) is 4.38. The minimum absolute atomic E-state index is 0.0281. The Bertz CT molecular complexity index is 827. The number of hydrogen-bond acceptors (Lipinski definition) is 4. The summed E-state index contributed by atoms with van der Waals surface area (Å²) in [5, 5.41) is 3.03. The van der Waals surface area contributed by atoms with Gasteiger partial charge in [-0.1, -0.05) is 18.2 Å². The zero-order valence-electron chi connectivity index (χ0n) is 15.1. The van der Waals surface area contributed by atoms with Crippen molar-refractivity contribution in [1.29, 1.82) is 0 Å². The van der Waals surface area contributed by atoms with Crippen LogP contribution in [0.3, 0.4) is 0 Å². The summed E-state index contributed by atoms with van der Waals surface area (Å²) in [6.45, 7) is 2.70. The lowest BCUT2D eigenvalue weighted by atomic mass is 10.0. The van der Waals surface area contributed by atoms with Gasteiger partial charge in [-0.25, -0.2) is 0 Å². The van der Waals surface area contributed by atoms with Gasteiger partial charge in [0.1, 0.15) is 0 Å². The minimum Gasteiger partial charge on any atom is -0.490 e. The highest BCUT2D eigenvalue weighted by atomic mass is 127. The molecule has 0 aliphatic carbocycles. The zero-order chi connectivity index (χ0) is 18.6. The molecular formula is C21H23IN2O3. The van der Waals surface area contributed by atoms with Gasteiger partial charge in [-0.2, -0.15) is 0 Å². The molecule has 1 atom stereocenters. The maximum atomic E-state index is 12.6. The van der Waals surface area contributed by atoms with Crippen LogP contribution in [-0.2, 0) is 4.79 Å². The van der Waals surface area contributed by atoms with Crippen molar-refractivity contribution in [2.24, 2.45) is 0 Å². The summed E-state index contributed by atoms with van der Waals surface area (Å²) >= 11 is 2.24. The molecule has 6 heteroatoms. The molecule has 2 aliphatic heterocycles. The zero-order valence-corrected chi connectivity index (χ0v) is 17.3. The van der Waals surface area contributed by atoms with Gasteiger partial charge in [-0.3, -0.25) is 9.69 Å². The van der Waals surface area contributed by atoms with Crippen LogP contribution in [0.15, 0.2) is 42.5 Å². The third-order valence-electron chi connectivity index (χ3n) is 5.01. The monoisotopic (exact) mass is 478 g/mol. The first-order valence-electron chi connectivity index (χ1n) is 9.39. The normalized spacial score (nSPS) is 19.5. The number of hydrogen-bond donors (Lipinski definition) is 1. The number of anilines is 1. The molecule has 5 nitrogen and oxygen atoms in total. The Hall–Kier alpha value is -1.80. The fraction of sp³-hybridized carbons (Fsp3) is 0.381. The molecule has 0 spiro atoms. The molecule has 1 fully saturated rings. The van der Waals surface area contributed by atoms with E-state index < -0.39 is 0 Å². The molecular weight excluding hydrogens is 455 g/mol. The summed E-state index contributed by atoms with van der Waals surface area (Å²) in [4.78, 5) is 14.8. The number of likely N-dealkylation sites (tertiary alicyclic amines) is 1. The highest BCUT2D eigenvalue weighted by Crippen LogP contribution is 2.37. The van der Waals surface area contributed by atoms with E-state index in [4.69, 9.17) is 9.47 Å². The van der Waals surface area contributed by atoms with Gasteiger partial charge in [0, 0.05) is 16.0 Å². The number of carbonyl (C=O) groups excluding carboxylic acids is 1. The molecule has 0 saturated carbocycles. The third-order valence-corrected chi connectivity index (χ3v) is 5.96. The van der Waals surface area contributed by atoms with Crippen LogP contribution in [0.1, 0.15) is 30.9 Å². The average Bonchev–Trinajstić information content (AvgIpc) is 2.99. The standard InChI is InChI=1S/C21H23IN2O3/c22-16-5-1-2-6-17(16)23-21(25)14-24-10-3-7-18(24)15-8-9-19-20(13-15)27-12-4-11-26-19/h1-2,5-6,8-9,13,18H,3-4,7,10-12,14H2,(H,23,25)/t18-/m0/s1. The number of benzene rings is 2. The summed E-state index contributed by atoms with van der Waals surface area (Å²) in [7, 11) is 0. The van der Waals surface area contributed by atoms with Crippen molar-refractivity contribution in [2.45, 2.75) is 25.3 Å². The van der Waals surface area contributed by atoms with Crippen molar-refractivity contribution in [3.8, 4) is 11.5 Å². The summed E-state index contributed by atoms with van der Waals surface area (Å²) < 4.78 is 12.6. The second kappa shape index (κ2) is 8.48. The van der Waals surface area contributed by atoms with Crippen molar-refractivity contribution >= 4 is 34.2 Å². The lowest BCUT2D eigenvalue weighted by molar-refractivity contribution is -0.117. The van der Waals surface area contributed by atoms with Crippen molar-refractivity contribution in [2.75, 3.05) is 31.6 Å². The van der Waals surface area contributed by atoms with Gasteiger partial charge in [0.15, 0.2) is 11.5 Å². The Balaban J connectivity index is 1.45. The second-order valence-corrected chi connectivity index (χ2v) is 8.08. The molecule has 142 valence electrons. The molecule has 2 aliphatic rings. The number of amides is 1. The Kier molecular flexibility index (Phi) is 5.83. The summed E-state index contributed by atoms with van der Waals surface area (Å²) in [5.74, 6) is 1.66. The van der Waals surface area contributed by atoms with E-state index >= 15 is 0 Å². The molecule has 2 heterocycles. The Morgan fingerprint density at radius 2 is 1.93 bits per heavy atom. The SMILES string of the molecule is O=C(CN1CCC[C@H]1c1ccc2c(c1)OCCCO2)Nc1ccccc1I. The van der Waals surface area contributed by atoms with Gasteiger partial charge < -0.3 is 14.8 Å². The maximum Gasteiger partial charge on any atom is 0.238 e. The van der Waals surface area contributed by atoms with E-state index in [2.05, 4.69) is 44.9 Å². The summed E-state index contributed by atoms with van der Waals surface area (Å²) in [6.07, 6.45) is 3.04. The summed E-state index contributed by atoms with van der Waals surface area (Å²) in [5.41, 5.74) is 2.06. The highest BCUT2D eigenvalue weighted by molar-refractivity contribution is 14.1. The van der Waals surface area contributed by atoms with E-state index in [-0.39, 0.29) is 11.9 Å². The predicted octanol–water partition coefficient (Wildman–Crippen LogP) is 4.23. The van der Waals surface area contributed by atoms with Crippen LogP contribution in [0.25, 0.3) is 0 Å². The number of rotatable bonds is 4. The molecule has 1 saturated heterocycles. The van der Waals surface area contributed by atoms with E-state index in [0.717, 1.165) is 46.6 Å². The fourth-order valence-electron chi connectivity index (χ4n) is 3.72. The Labute approximate surface area is 173 Å². The lowest BCUT2D eigenvalue weighted by Gasteiger charge is -2.25. The second-order valence-electron chi connectivity index (χ2n) is 6.91. The molecule has 2 aromatic carbocycles. The first-order valence-corrected chi connectivity index (χ1v) is 10.5. The van der Waals surface area contributed by atoms with Crippen LogP contribution < -0.4 is 14.8 Å². The number of fused-ring (bicyclic) bond motifs is 1. The van der Waals surface area contributed by atoms with Crippen LogP contribution in [0.2, 0.25) is 0 Å². The van der Waals surface area contributed by atoms with Gasteiger partial charge in [0.05, 0.1) is 25.4 Å². The van der Waals surface area contributed by atoms with E-state index in [1.54, 1.807) is 0 Å². The molecule has 0 aromatic heterocycles. The van der Waals surface area contributed by atoms with Crippen LogP contribution in [0.4, 0.5) is 5.69 Å². The van der Waals surface area contributed by atoms with E-state index in [1.165, 1.54) is 5.56 Å². The van der Waals surface area contributed by atoms with Crippen molar-refractivity contribution in [1.82, 2.24) is 4.90 Å². The smallest absolute Gasteiger partial charge is 0.238 e. The molecule has 2 aromatic rings. The molecule has 0 unspecified atom stereocenters. The van der Waals surface area contributed by atoms with Gasteiger partial charge in [0.2, 0.25) is 5.91 Å². The van der Waals surface area contributed by atoms with E-state index in [1.807, 2.05) is 30.3 Å². The minimum atomic E-state index is 0.0281. The molecule has 27 heavy (non-hydrogen) atoms. The summed E-state index contributed by atoms with van der Waals surface area (Å²) in [6, 6.07) is 14.3. The van der Waals surface area contributed by atoms with E-state index in [9.17, 15) is 4.79 Å². The fourth-order valence-corrected chi connectivity index (χ4v) is 4.24. The largest absolute Gasteiger partial charge is 0.490 e. The number of para-hydroxylation sites is 1. The molecule has 0 radical (unpaired) electrons. The average molecular weight is 478 g/mol. The van der Waals surface area contributed by atoms with Crippen molar-refractivity contribution < 1.29 is 14.3 Å². The number of halogens is 1. The van der Waals surface area contributed by atoms with E-state index in [0.29, 0.717) is 19.8 Å². The quantitative estimate of drug-likeness (QED) is 0.669. The maximum absolute atomic E-state index is 12.6. The number of nitrogens with one attached hydrogen (secondary N) is 1. The number of nitrogens with zero attached hydrogens (tertiary/aromatic N) is 1. The van der Waals surface area contributed by atoms with Gasteiger partial charge >= 0.3 is 0 Å². The molecule has 1 N–H and O–H groups in total. The van der Waals surface area contributed by atoms with Gasteiger partial charge in [-0.05, 0) is 71.8 Å². The first kappa shape index (κ1) is 18.6. The Morgan fingerprint density at radius 3 is 2.78 bits per heavy atom. The van der Waals surface area contributed by atoms with Crippen LogP contribution >= 0.6 is 22.6 Å². The molecule has 1 amide bonds. The van der Waals surface area contributed by atoms with Crippen LogP contribution in [-0.4, -0.2) is 37.1 Å². The number of carbonyl (C=O) groups is 1. The van der Waals surface area contributed by atoms with Gasteiger partial charge in [0.25, 0.3) is 0 Å². The van der Waals surface area contributed by atoms with Crippen LogP contribution in [0.5, 0.6) is 11.5 Å². The lowest BCUT2D eigenvalue weighted by Crippen LogP contribution is -2.33. The number of ether oxygens (including phenoxy) is 2. The van der Waals surface area contributed by atoms with Crippen molar-refractivity contribution in [3.63, 3.8) is 0 Å². The van der Waals surface area contributed by atoms with Crippen LogP contribution in [0, 0.1) is 3.57 Å². The van der Waals surface area contributed by atoms with Gasteiger partial charge in [-0.15, -0.1) is 0 Å². The first-order chi connectivity index (χ1) is 13.2. The molecule has 4 rings (SSSR count). The topological polar surface area (TPSA) is 50.8 Å². The highest BCUT2D eigenvalue weighted by Gasteiger charge is 2.28. The predicted molar refractivity (Wildman–Crippen MR) is 113 cm³/mol. The molecule has 0 bridgehead atoms.